The summed E-state index contributed by atoms with van der Waals surface area (Å²) in [4.78, 5) is 26.9. The largest absolute Gasteiger partial charge is 0.347 e. The standard InChI is InChI=1S/C15H16N4O3/c20-14(11-9-12-13(18-10-11)17-4-3-16-12)19-5-1-15(2-6-19)21-7-8-22-15/h3-4,9-10H,1-2,5-8H2. The fraction of sp³-hybridized carbons (Fsp3) is 0.467. The molecule has 2 fully saturated rings. The molecule has 114 valence electrons. The van der Waals surface area contributed by atoms with Crippen LogP contribution in [0.5, 0.6) is 0 Å². The number of carbonyl (C=O) groups excluding carboxylic acids is 1. The van der Waals surface area contributed by atoms with Crippen LogP contribution in [-0.4, -0.2) is 57.8 Å². The Bertz CT molecular complexity index is 705. The number of nitrogens with zero attached hydrogens (tertiary/aromatic N) is 4. The Hall–Kier alpha value is -2.12. The van der Waals surface area contributed by atoms with Gasteiger partial charge in [0.1, 0.15) is 5.52 Å². The highest BCUT2D eigenvalue weighted by molar-refractivity contribution is 5.96. The minimum Gasteiger partial charge on any atom is -0.347 e. The van der Waals surface area contributed by atoms with Crippen molar-refractivity contribution in [3.63, 3.8) is 0 Å². The summed E-state index contributed by atoms with van der Waals surface area (Å²) in [5, 5.41) is 0. The first-order valence-corrected chi connectivity index (χ1v) is 7.40. The highest BCUT2D eigenvalue weighted by atomic mass is 16.7. The Morgan fingerprint density at radius 1 is 1.09 bits per heavy atom. The first-order valence-electron chi connectivity index (χ1n) is 7.40. The van der Waals surface area contributed by atoms with E-state index in [0.29, 0.717) is 55.9 Å². The molecule has 2 aliphatic rings. The summed E-state index contributed by atoms with van der Waals surface area (Å²) in [7, 11) is 0. The number of hydrogen-bond donors (Lipinski definition) is 0. The number of likely N-dealkylation sites (tertiary alicyclic amines) is 1. The molecular formula is C15H16N4O3. The highest BCUT2D eigenvalue weighted by Crippen LogP contribution is 2.31. The Kier molecular flexibility index (Phi) is 3.24. The molecule has 0 aliphatic carbocycles. The van der Waals surface area contributed by atoms with Gasteiger partial charge in [0, 0.05) is 44.5 Å². The van der Waals surface area contributed by atoms with E-state index in [1.54, 1.807) is 24.7 Å². The monoisotopic (exact) mass is 300 g/mol. The lowest BCUT2D eigenvalue weighted by Crippen LogP contribution is -2.47. The van der Waals surface area contributed by atoms with Crippen molar-refractivity contribution in [3.05, 3.63) is 30.2 Å². The summed E-state index contributed by atoms with van der Waals surface area (Å²) in [6.45, 7) is 2.52. The molecule has 0 radical (unpaired) electrons. The number of aromatic nitrogens is 3. The van der Waals surface area contributed by atoms with Crippen molar-refractivity contribution in [3.8, 4) is 0 Å². The van der Waals surface area contributed by atoms with Crippen LogP contribution >= 0.6 is 0 Å². The summed E-state index contributed by atoms with van der Waals surface area (Å²) >= 11 is 0. The molecule has 0 unspecified atom stereocenters. The second kappa shape index (κ2) is 5.26. The van der Waals surface area contributed by atoms with Crippen LogP contribution in [0.15, 0.2) is 24.7 Å². The van der Waals surface area contributed by atoms with Gasteiger partial charge in [-0.15, -0.1) is 0 Å². The average Bonchev–Trinajstić information content (AvgIpc) is 3.02. The molecule has 22 heavy (non-hydrogen) atoms. The predicted octanol–water partition coefficient (Wildman–Crippen LogP) is 1.00. The number of hydrogen-bond acceptors (Lipinski definition) is 6. The Morgan fingerprint density at radius 3 is 2.59 bits per heavy atom. The number of rotatable bonds is 1. The fourth-order valence-electron chi connectivity index (χ4n) is 2.99. The van der Waals surface area contributed by atoms with Gasteiger partial charge in [-0.25, -0.2) is 9.97 Å². The third-order valence-corrected chi connectivity index (χ3v) is 4.20. The van der Waals surface area contributed by atoms with Gasteiger partial charge in [-0.1, -0.05) is 0 Å². The van der Waals surface area contributed by atoms with Gasteiger partial charge >= 0.3 is 0 Å². The summed E-state index contributed by atoms with van der Waals surface area (Å²) in [5.74, 6) is -0.503. The lowest BCUT2D eigenvalue weighted by atomic mass is 10.0. The minimum atomic E-state index is -0.468. The molecule has 0 N–H and O–H groups in total. The second-order valence-corrected chi connectivity index (χ2v) is 5.52. The van der Waals surface area contributed by atoms with Crippen LogP contribution < -0.4 is 0 Å². The normalized spacial score (nSPS) is 20.6. The van der Waals surface area contributed by atoms with Crippen molar-refractivity contribution in [2.75, 3.05) is 26.3 Å². The van der Waals surface area contributed by atoms with E-state index in [2.05, 4.69) is 15.0 Å². The molecule has 4 heterocycles. The molecule has 2 aromatic rings. The van der Waals surface area contributed by atoms with E-state index >= 15 is 0 Å². The van der Waals surface area contributed by atoms with Crippen molar-refractivity contribution in [2.45, 2.75) is 18.6 Å². The molecule has 1 amide bonds. The fourth-order valence-corrected chi connectivity index (χ4v) is 2.99. The van der Waals surface area contributed by atoms with E-state index in [1.807, 2.05) is 4.90 Å². The maximum absolute atomic E-state index is 12.6. The van der Waals surface area contributed by atoms with E-state index in [4.69, 9.17) is 9.47 Å². The van der Waals surface area contributed by atoms with Gasteiger partial charge < -0.3 is 14.4 Å². The average molecular weight is 300 g/mol. The molecule has 2 aliphatic heterocycles. The molecule has 7 heteroatoms. The van der Waals surface area contributed by atoms with Crippen molar-refractivity contribution in [1.29, 1.82) is 0 Å². The SMILES string of the molecule is O=C(c1cnc2nccnc2c1)N1CCC2(CC1)OCCO2. The van der Waals surface area contributed by atoms with Crippen LogP contribution in [-0.2, 0) is 9.47 Å². The van der Waals surface area contributed by atoms with E-state index < -0.39 is 5.79 Å². The molecule has 7 nitrogen and oxygen atoms in total. The lowest BCUT2D eigenvalue weighted by molar-refractivity contribution is -0.181. The Labute approximate surface area is 127 Å². The zero-order valence-corrected chi connectivity index (χ0v) is 12.1. The first kappa shape index (κ1) is 13.5. The Morgan fingerprint density at radius 2 is 1.82 bits per heavy atom. The van der Waals surface area contributed by atoms with Gasteiger partial charge in [0.15, 0.2) is 11.4 Å². The van der Waals surface area contributed by atoms with Gasteiger partial charge in [-0.2, -0.15) is 0 Å². The third kappa shape index (κ3) is 2.32. The molecule has 1 spiro atoms. The van der Waals surface area contributed by atoms with Crippen LogP contribution in [0.2, 0.25) is 0 Å². The smallest absolute Gasteiger partial charge is 0.255 e. The van der Waals surface area contributed by atoms with Crippen LogP contribution in [0, 0.1) is 0 Å². The molecule has 0 bridgehead atoms. The van der Waals surface area contributed by atoms with Gasteiger partial charge in [0.2, 0.25) is 0 Å². The molecule has 0 saturated carbocycles. The predicted molar refractivity (Wildman–Crippen MR) is 77.1 cm³/mol. The maximum Gasteiger partial charge on any atom is 0.255 e. The van der Waals surface area contributed by atoms with E-state index in [0.717, 1.165) is 0 Å². The first-order chi connectivity index (χ1) is 10.8. The molecule has 0 atom stereocenters. The summed E-state index contributed by atoms with van der Waals surface area (Å²) in [6, 6.07) is 1.74. The van der Waals surface area contributed by atoms with Gasteiger partial charge in [-0.05, 0) is 6.07 Å². The van der Waals surface area contributed by atoms with Crippen LogP contribution in [0.1, 0.15) is 23.2 Å². The number of ether oxygens (including phenoxy) is 2. The van der Waals surface area contributed by atoms with E-state index in [9.17, 15) is 4.79 Å². The summed E-state index contributed by atoms with van der Waals surface area (Å²) < 4.78 is 11.4. The third-order valence-electron chi connectivity index (χ3n) is 4.20. The molecule has 0 aromatic carbocycles. The van der Waals surface area contributed by atoms with Crippen LogP contribution in [0.4, 0.5) is 0 Å². The van der Waals surface area contributed by atoms with Crippen LogP contribution in [0.3, 0.4) is 0 Å². The number of fused-ring (bicyclic) bond motifs is 1. The minimum absolute atomic E-state index is 0.0344. The van der Waals surface area contributed by atoms with Crippen LogP contribution in [0.25, 0.3) is 11.2 Å². The van der Waals surface area contributed by atoms with Crippen molar-refractivity contribution < 1.29 is 14.3 Å². The topological polar surface area (TPSA) is 77.4 Å². The van der Waals surface area contributed by atoms with Crippen molar-refractivity contribution in [1.82, 2.24) is 19.9 Å². The van der Waals surface area contributed by atoms with Gasteiger partial charge in [-0.3, -0.25) is 9.78 Å². The number of carbonyl (C=O) groups is 1. The van der Waals surface area contributed by atoms with Gasteiger partial charge in [0.25, 0.3) is 5.91 Å². The summed E-state index contributed by atoms with van der Waals surface area (Å²) in [5.41, 5.74) is 1.71. The van der Waals surface area contributed by atoms with E-state index in [1.165, 1.54) is 0 Å². The molecule has 2 aromatic heterocycles. The number of piperidine rings is 1. The van der Waals surface area contributed by atoms with Gasteiger partial charge in [0.05, 0.1) is 18.8 Å². The highest BCUT2D eigenvalue weighted by Gasteiger charge is 2.40. The summed E-state index contributed by atoms with van der Waals surface area (Å²) in [6.07, 6.45) is 6.16. The zero-order chi connectivity index (χ0) is 15.0. The quantitative estimate of drug-likeness (QED) is 0.782. The maximum atomic E-state index is 12.6. The zero-order valence-electron chi connectivity index (χ0n) is 12.1. The molecule has 4 rings (SSSR count). The molecule has 2 saturated heterocycles. The Balaban J connectivity index is 1.51. The van der Waals surface area contributed by atoms with E-state index in [-0.39, 0.29) is 5.91 Å². The number of amides is 1. The van der Waals surface area contributed by atoms with Crippen molar-refractivity contribution >= 4 is 17.1 Å². The van der Waals surface area contributed by atoms with Crippen molar-refractivity contribution in [2.24, 2.45) is 0 Å². The second-order valence-electron chi connectivity index (χ2n) is 5.52. The number of pyridine rings is 1. The lowest BCUT2D eigenvalue weighted by Gasteiger charge is -2.37. The molecular weight excluding hydrogens is 284 g/mol.